The molecule has 0 aliphatic carbocycles. The maximum absolute atomic E-state index is 12.4. The molecule has 0 bridgehead atoms. The highest BCUT2D eigenvalue weighted by Gasteiger charge is 2.54. The molecule has 1 fully saturated rings. The third kappa shape index (κ3) is 7.50. The fraction of sp³-hybridized carbons (Fsp3) is 0.542. The molecule has 1 aromatic carbocycles. The number of ether oxygens (including phenoxy) is 2. The number of hydrogen-bond acceptors (Lipinski definition) is 12. The summed E-state index contributed by atoms with van der Waals surface area (Å²) in [6, 6.07) is 5.75. The first-order valence-corrected chi connectivity index (χ1v) is 13.2. The van der Waals surface area contributed by atoms with Crippen LogP contribution < -0.4 is 11.2 Å². The molecule has 0 radical (unpaired) electrons. The van der Waals surface area contributed by atoms with Crippen LogP contribution in [0.1, 0.15) is 43.7 Å². The second kappa shape index (κ2) is 12.8. The van der Waals surface area contributed by atoms with E-state index in [4.69, 9.17) is 24.1 Å². The highest BCUT2D eigenvalue weighted by Crippen LogP contribution is 2.39. The van der Waals surface area contributed by atoms with Crippen molar-refractivity contribution < 1.29 is 38.1 Å². The number of aliphatic hydroxyl groups excluding tert-OH is 1. The molecule has 1 aliphatic heterocycles. The molecule has 2 heterocycles. The summed E-state index contributed by atoms with van der Waals surface area (Å²) < 4.78 is 34.8. The number of carbonyl (C=O) groups is 1. The fourth-order valence-corrected chi connectivity index (χ4v) is 4.60. The molecule has 212 valence electrons. The van der Waals surface area contributed by atoms with Crippen LogP contribution in [0.5, 0.6) is 0 Å². The molecule has 7 unspecified atom stereocenters. The lowest BCUT2D eigenvalue weighted by atomic mass is 9.96. The van der Waals surface area contributed by atoms with Gasteiger partial charge in [-0.05, 0) is 44.4 Å². The molecule has 2 aromatic rings. The van der Waals surface area contributed by atoms with E-state index in [1.807, 2.05) is 30.1 Å². The van der Waals surface area contributed by atoms with Gasteiger partial charge in [-0.3, -0.25) is 14.3 Å². The van der Waals surface area contributed by atoms with E-state index >= 15 is 0 Å². The van der Waals surface area contributed by atoms with Crippen molar-refractivity contribution in [2.24, 2.45) is 5.11 Å². The summed E-state index contributed by atoms with van der Waals surface area (Å²) >= 11 is 0. The summed E-state index contributed by atoms with van der Waals surface area (Å²) in [4.78, 5) is 37.3. The summed E-state index contributed by atoms with van der Waals surface area (Å²) in [5, 5.41) is 24.4. The van der Waals surface area contributed by atoms with Crippen LogP contribution in [0, 0.1) is 12.5 Å². The Morgan fingerprint density at radius 1 is 1.31 bits per heavy atom. The van der Waals surface area contributed by atoms with Crippen LogP contribution in [-0.2, 0) is 40.9 Å². The number of carbonyl (C=O) groups excluding carboxylic acids is 1. The van der Waals surface area contributed by atoms with Crippen molar-refractivity contribution in [2.75, 3.05) is 6.61 Å². The molecule has 3 rings (SSSR count). The Hall–Kier alpha value is -3.13. The van der Waals surface area contributed by atoms with Gasteiger partial charge in [0.2, 0.25) is 0 Å². The highest BCUT2D eigenvalue weighted by atomic mass is 31.1. The molecule has 15 heteroatoms. The van der Waals surface area contributed by atoms with Crippen molar-refractivity contribution in [3.8, 4) is 0 Å². The number of aromatic nitrogens is 2. The number of aryl methyl sites for hydroxylation is 1. The van der Waals surface area contributed by atoms with E-state index in [2.05, 4.69) is 5.11 Å². The molecule has 0 amide bonds. The van der Waals surface area contributed by atoms with Crippen LogP contribution in [0.4, 0.5) is 0 Å². The number of esters is 1. The molecule has 1 aliphatic rings. The van der Waals surface area contributed by atoms with E-state index in [0.29, 0.717) is 6.42 Å². The van der Waals surface area contributed by atoms with Crippen LogP contribution in [0.3, 0.4) is 0 Å². The van der Waals surface area contributed by atoms with E-state index in [-0.39, 0.29) is 6.61 Å². The number of hydrogen-bond donors (Lipinski definition) is 4. The quantitative estimate of drug-likeness (QED) is 0.166. The number of nitrogens with zero attached hydrogens (tertiary/aromatic N) is 2. The Balaban J connectivity index is 1.55. The Labute approximate surface area is 224 Å². The Morgan fingerprint density at radius 3 is 2.69 bits per heavy atom. The van der Waals surface area contributed by atoms with Gasteiger partial charge in [0.1, 0.15) is 37.1 Å². The number of aromatic amines is 1. The minimum atomic E-state index is -2.65. The Morgan fingerprint density at radius 2 is 2.03 bits per heavy atom. The zero-order valence-electron chi connectivity index (χ0n) is 21.9. The molecule has 7 atom stereocenters. The van der Waals surface area contributed by atoms with Gasteiger partial charge in [-0.15, -0.1) is 9.05 Å². The van der Waals surface area contributed by atoms with Crippen molar-refractivity contribution in [3.05, 3.63) is 68.0 Å². The monoisotopic (exact) mass is 567 g/mol. The van der Waals surface area contributed by atoms with E-state index in [9.17, 15) is 29.2 Å². The lowest BCUT2D eigenvalue weighted by molar-refractivity contribution is -0.149. The summed E-state index contributed by atoms with van der Waals surface area (Å²) in [6.07, 6.45) is -2.90. The first-order valence-electron chi connectivity index (χ1n) is 12.1. The average molecular weight is 568 g/mol. The summed E-state index contributed by atoms with van der Waals surface area (Å²) in [5.74, 6) is -0.586. The molecule has 1 aromatic heterocycles. The van der Waals surface area contributed by atoms with E-state index in [1.165, 1.54) is 13.8 Å². The predicted molar refractivity (Wildman–Crippen MR) is 135 cm³/mol. The van der Waals surface area contributed by atoms with Gasteiger partial charge in [-0.25, -0.2) is 15.1 Å². The molecular weight excluding hydrogens is 535 g/mol. The zero-order chi connectivity index (χ0) is 28.9. The SMILES string of the molecule is Cc1ccc(CC(C)OC(=O)C(C)N=N)cc1CO[P+](=O)OCC1OC(n2ccc(=O)[nH]c2=O)C(C)(O)C1O. The third-order valence-electron chi connectivity index (χ3n) is 6.32. The number of H-pyrrole nitrogens is 1. The lowest BCUT2D eigenvalue weighted by Crippen LogP contribution is -2.46. The second-order valence-electron chi connectivity index (χ2n) is 9.53. The molecule has 39 heavy (non-hydrogen) atoms. The van der Waals surface area contributed by atoms with E-state index < -0.39 is 68.3 Å². The molecular formula is C24H32N4O10P+. The van der Waals surface area contributed by atoms with Crippen molar-refractivity contribution in [2.45, 2.75) is 76.9 Å². The van der Waals surface area contributed by atoms with Crippen LogP contribution in [0.15, 0.2) is 45.2 Å². The van der Waals surface area contributed by atoms with Gasteiger partial charge in [0.05, 0.1) is 0 Å². The van der Waals surface area contributed by atoms with Crippen LogP contribution >= 0.6 is 8.25 Å². The van der Waals surface area contributed by atoms with Crippen molar-refractivity contribution >= 4 is 14.2 Å². The van der Waals surface area contributed by atoms with Gasteiger partial charge >= 0.3 is 19.9 Å². The molecule has 0 spiro atoms. The Bertz CT molecular complexity index is 1330. The van der Waals surface area contributed by atoms with Gasteiger partial charge in [0.25, 0.3) is 5.56 Å². The summed E-state index contributed by atoms with van der Waals surface area (Å²) in [5.41, 5.74) is 5.98. The standard InChI is InChI=1S/C24H31N4O10P/c1-13-5-6-16(9-14(2)37-21(31)15(3)27-25)10-17(13)11-35-39(34)36-12-18-20(30)24(4,33)22(38-18)28-8-7-19(29)26-23(28)32/h5-8,10,14-15,18,20,22,25,30,33H,9,11-12H2,1-4H3/p+1. The van der Waals surface area contributed by atoms with Gasteiger partial charge in [-0.2, -0.15) is 5.11 Å². The Kier molecular flexibility index (Phi) is 9.99. The van der Waals surface area contributed by atoms with Gasteiger partial charge < -0.3 is 19.7 Å². The molecule has 4 N–H and O–H groups in total. The minimum absolute atomic E-state index is 0.0566. The average Bonchev–Trinajstić information content (AvgIpc) is 3.10. The minimum Gasteiger partial charge on any atom is -0.461 e. The van der Waals surface area contributed by atoms with Crippen LogP contribution in [0.2, 0.25) is 0 Å². The van der Waals surface area contributed by atoms with E-state index in [0.717, 1.165) is 33.5 Å². The molecule has 1 saturated heterocycles. The first kappa shape index (κ1) is 30.4. The van der Waals surface area contributed by atoms with Crippen molar-refractivity contribution in [3.63, 3.8) is 0 Å². The number of rotatable bonds is 12. The smallest absolute Gasteiger partial charge is 0.461 e. The topological polar surface area (TPSA) is 203 Å². The third-order valence-corrected chi connectivity index (χ3v) is 7.02. The van der Waals surface area contributed by atoms with Crippen LogP contribution in [-0.4, -0.2) is 62.3 Å². The van der Waals surface area contributed by atoms with Gasteiger partial charge in [0.15, 0.2) is 12.3 Å². The first-order chi connectivity index (χ1) is 18.3. The number of nitrogens with one attached hydrogen (secondary N) is 2. The number of benzene rings is 1. The van der Waals surface area contributed by atoms with E-state index in [1.54, 1.807) is 6.92 Å². The summed E-state index contributed by atoms with van der Waals surface area (Å²) in [6.45, 7) is 5.84. The maximum Gasteiger partial charge on any atom is 0.697 e. The molecule has 14 nitrogen and oxygen atoms in total. The predicted octanol–water partition coefficient (Wildman–Crippen LogP) is 1.64. The second-order valence-corrected chi connectivity index (χ2v) is 10.5. The van der Waals surface area contributed by atoms with Gasteiger partial charge in [-0.1, -0.05) is 18.2 Å². The largest absolute Gasteiger partial charge is 0.697 e. The van der Waals surface area contributed by atoms with Crippen molar-refractivity contribution in [1.29, 1.82) is 5.53 Å². The zero-order valence-corrected chi connectivity index (χ0v) is 22.8. The fourth-order valence-electron chi connectivity index (χ4n) is 4.01. The molecule has 0 saturated carbocycles. The summed E-state index contributed by atoms with van der Waals surface area (Å²) in [7, 11) is -2.65. The normalized spacial score (nSPS) is 24.7. The maximum atomic E-state index is 12.4. The van der Waals surface area contributed by atoms with Gasteiger partial charge in [0, 0.05) is 23.2 Å². The van der Waals surface area contributed by atoms with Crippen LogP contribution in [0.25, 0.3) is 0 Å². The lowest BCUT2D eigenvalue weighted by Gasteiger charge is -2.27. The van der Waals surface area contributed by atoms with Crippen molar-refractivity contribution in [1.82, 2.24) is 9.55 Å². The number of aliphatic hydroxyl groups is 2. The highest BCUT2D eigenvalue weighted by molar-refractivity contribution is 7.33.